The molecule has 0 spiro atoms. The molecule has 0 radical (unpaired) electrons. The molecule has 23 heavy (non-hydrogen) atoms. The standard InChI is InChI=1S/C15H12N6O2/c1-21-9(6-7-16-21)8-12-17-15(23-20-12)13-10-4-2-3-5-11(10)14(22)19-18-13/h2-7H,8H2,1H3,(H,19,22). The lowest BCUT2D eigenvalue weighted by atomic mass is 10.1. The molecule has 0 aliphatic heterocycles. The molecule has 8 nitrogen and oxygen atoms in total. The first-order chi connectivity index (χ1) is 11.2. The minimum atomic E-state index is -0.251. The van der Waals surface area contributed by atoms with Gasteiger partial charge in [-0.25, -0.2) is 5.10 Å². The Balaban J connectivity index is 1.76. The van der Waals surface area contributed by atoms with Crippen LogP contribution in [0.25, 0.3) is 22.4 Å². The summed E-state index contributed by atoms with van der Waals surface area (Å²) < 4.78 is 7.07. The SMILES string of the molecule is Cn1nccc1Cc1noc(-c2n[nH]c(=O)c3ccccc23)n1. The zero-order chi connectivity index (χ0) is 15.8. The predicted molar refractivity (Wildman–Crippen MR) is 81.7 cm³/mol. The number of aryl methyl sites for hydroxylation is 1. The van der Waals surface area contributed by atoms with Gasteiger partial charge in [0.2, 0.25) is 0 Å². The van der Waals surface area contributed by atoms with Crippen LogP contribution in [0.5, 0.6) is 0 Å². The van der Waals surface area contributed by atoms with Gasteiger partial charge in [-0.3, -0.25) is 9.48 Å². The molecule has 8 heteroatoms. The van der Waals surface area contributed by atoms with Gasteiger partial charge >= 0.3 is 0 Å². The molecule has 0 saturated carbocycles. The molecule has 4 rings (SSSR count). The number of benzene rings is 1. The number of fused-ring (bicyclic) bond motifs is 1. The van der Waals surface area contributed by atoms with Crippen molar-refractivity contribution in [3.05, 3.63) is 58.4 Å². The summed E-state index contributed by atoms with van der Waals surface area (Å²) in [5.74, 6) is 0.801. The van der Waals surface area contributed by atoms with E-state index in [1.165, 1.54) is 0 Å². The van der Waals surface area contributed by atoms with Gasteiger partial charge in [0.1, 0.15) is 0 Å². The summed E-state index contributed by atoms with van der Waals surface area (Å²) >= 11 is 0. The number of nitrogens with one attached hydrogen (secondary N) is 1. The van der Waals surface area contributed by atoms with Crippen LogP contribution in [0.3, 0.4) is 0 Å². The van der Waals surface area contributed by atoms with E-state index in [1.54, 1.807) is 29.1 Å². The van der Waals surface area contributed by atoms with E-state index in [1.807, 2.05) is 19.2 Å². The minimum absolute atomic E-state index is 0.251. The minimum Gasteiger partial charge on any atom is -0.332 e. The van der Waals surface area contributed by atoms with Crippen molar-refractivity contribution in [1.82, 2.24) is 30.1 Å². The van der Waals surface area contributed by atoms with Gasteiger partial charge in [0.15, 0.2) is 11.5 Å². The molecule has 0 amide bonds. The van der Waals surface area contributed by atoms with Crippen molar-refractivity contribution in [3.63, 3.8) is 0 Å². The van der Waals surface area contributed by atoms with Crippen LogP contribution in [-0.4, -0.2) is 30.1 Å². The fourth-order valence-corrected chi connectivity index (χ4v) is 2.44. The molecule has 0 bridgehead atoms. The van der Waals surface area contributed by atoms with Gasteiger partial charge < -0.3 is 4.52 Å². The van der Waals surface area contributed by atoms with E-state index in [2.05, 4.69) is 25.4 Å². The first-order valence-corrected chi connectivity index (χ1v) is 6.99. The van der Waals surface area contributed by atoms with E-state index in [4.69, 9.17) is 4.52 Å². The Morgan fingerprint density at radius 1 is 1.22 bits per heavy atom. The number of aromatic amines is 1. The van der Waals surface area contributed by atoms with Gasteiger partial charge in [-0.2, -0.15) is 15.2 Å². The van der Waals surface area contributed by atoms with E-state index in [9.17, 15) is 4.79 Å². The van der Waals surface area contributed by atoms with Crippen LogP contribution in [0.1, 0.15) is 11.5 Å². The average molecular weight is 308 g/mol. The topological polar surface area (TPSA) is 102 Å². The predicted octanol–water partition coefficient (Wildman–Crippen LogP) is 1.30. The monoisotopic (exact) mass is 308 g/mol. The third kappa shape index (κ3) is 2.30. The zero-order valence-electron chi connectivity index (χ0n) is 12.2. The van der Waals surface area contributed by atoms with Crippen LogP contribution in [-0.2, 0) is 13.5 Å². The van der Waals surface area contributed by atoms with Gasteiger partial charge in [0, 0.05) is 24.3 Å². The Labute approximate surface area is 129 Å². The van der Waals surface area contributed by atoms with E-state index in [0.717, 1.165) is 5.69 Å². The number of aromatic nitrogens is 6. The molecular weight excluding hydrogens is 296 g/mol. The van der Waals surface area contributed by atoms with E-state index in [0.29, 0.717) is 28.7 Å². The molecule has 1 aromatic carbocycles. The van der Waals surface area contributed by atoms with Crippen molar-refractivity contribution in [2.45, 2.75) is 6.42 Å². The summed E-state index contributed by atoms with van der Waals surface area (Å²) in [5, 5.41) is 15.8. The third-order valence-electron chi connectivity index (χ3n) is 3.63. The number of rotatable bonds is 3. The zero-order valence-corrected chi connectivity index (χ0v) is 12.2. The highest BCUT2D eigenvalue weighted by Gasteiger charge is 2.16. The molecule has 4 aromatic rings. The third-order valence-corrected chi connectivity index (χ3v) is 3.63. The lowest BCUT2D eigenvalue weighted by molar-refractivity contribution is 0.422. The number of hydrogen-bond donors (Lipinski definition) is 1. The number of nitrogens with zero attached hydrogens (tertiary/aromatic N) is 5. The van der Waals surface area contributed by atoms with Crippen LogP contribution in [0.15, 0.2) is 45.8 Å². The summed E-state index contributed by atoms with van der Waals surface area (Å²) in [6.07, 6.45) is 2.22. The first-order valence-electron chi connectivity index (χ1n) is 6.99. The average Bonchev–Trinajstić information content (AvgIpc) is 3.18. The highest BCUT2D eigenvalue weighted by atomic mass is 16.5. The summed E-state index contributed by atoms with van der Waals surface area (Å²) in [5.41, 5.74) is 1.18. The quantitative estimate of drug-likeness (QED) is 0.612. The highest BCUT2D eigenvalue weighted by molar-refractivity contribution is 5.91. The maximum Gasteiger partial charge on any atom is 0.279 e. The molecule has 114 valence electrons. The summed E-state index contributed by atoms with van der Waals surface area (Å²) in [6, 6.07) is 9.05. The summed E-state index contributed by atoms with van der Waals surface area (Å²) in [7, 11) is 1.85. The van der Waals surface area contributed by atoms with Gasteiger partial charge in [-0.1, -0.05) is 23.4 Å². The van der Waals surface area contributed by atoms with Crippen molar-refractivity contribution < 1.29 is 4.52 Å². The molecule has 3 heterocycles. The number of H-pyrrole nitrogens is 1. The van der Waals surface area contributed by atoms with Crippen LogP contribution in [0.2, 0.25) is 0 Å². The second kappa shape index (κ2) is 5.16. The molecule has 0 aliphatic carbocycles. The Hall–Kier alpha value is -3.29. The van der Waals surface area contributed by atoms with Gasteiger partial charge in [0.25, 0.3) is 11.4 Å². The van der Waals surface area contributed by atoms with Crippen molar-refractivity contribution >= 4 is 10.8 Å². The first kappa shape index (κ1) is 13.4. The second-order valence-electron chi connectivity index (χ2n) is 5.09. The summed E-state index contributed by atoms with van der Waals surface area (Å²) in [4.78, 5) is 16.2. The molecular formula is C15H12N6O2. The fraction of sp³-hybridized carbons (Fsp3) is 0.133. The lowest BCUT2D eigenvalue weighted by Crippen LogP contribution is -2.09. The largest absolute Gasteiger partial charge is 0.332 e. The summed E-state index contributed by atoms with van der Waals surface area (Å²) in [6.45, 7) is 0. The maximum absolute atomic E-state index is 11.8. The van der Waals surface area contributed by atoms with Crippen molar-refractivity contribution in [2.24, 2.45) is 7.05 Å². The lowest BCUT2D eigenvalue weighted by Gasteiger charge is -1.99. The maximum atomic E-state index is 11.8. The van der Waals surface area contributed by atoms with Crippen LogP contribution < -0.4 is 5.56 Å². The second-order valence-corrected chi connectivity index (χ2v) is 5.09. The fourth-order valence-electron chi connectivity index (χ4n) is 2.44. The highest BCUT2D eigenvalue weighted by Crippen LogP contribution is 2.22. The Morgan fingerprint density at radius 3 is 2.83 bits per heavy atom. The normalized spacial score (nSPS) is 11.2. The Kier molecular flexibility index (Phi) is 3.00. The van der Waals surface area contributed by atoms with Gasteiger partial charge in [-0.05, 0) is 12.1 Å². The van der Waals surface area contributed by atoms with E-state index < -0.39 is 0 Å². The molecule has 0 fully saturated rings. The molecule has 0 saturated heterocycles. The molecule has 1 N–H and O–H groups in total. The molecule has 0 aliphatic rings. The van der Waals surface area contributed by atoms with Gasteiger partial charge in [-0.15, -0.1) is 0 Å². The molecule has 3 aromatic heterocycles. The van der Waals surface area contributed by atoms with Crippen molar-refractivity contribution in [2.75, 3.05) is 0 Å². The van der Waals surface area contributed by atoms with Crippen LogP contribution in [0.4, 0.5) is 0 Å². The van der Waals surface area contributed by atoms with E-state index >= 15 is 0 Å². The van der Waals surface area contributed by atoms with Crippen molar-refractivity contribution in [1.29, 1.82) is 0 Å². The molecule has 0 atom stereocenters. The van der Waals surface area contributed by atoms with E-state index in [-0.39, 0.29) is 11.4 Å². The number of hydrogen-bond acceptors (Lipinski definition) is 6. The Morgan fingerprint density at radius 2 is 2.04 bits per heavy atom. The van der Waals surface area contributed by atoms with Crippen molar-refractivity contribution in [3.8, 4) is 11.6 Å². The van der Waals surface area contributed by atoms with Gasteiger partial charge in [0.05, 0.1) is 11.8 Å². The van der Waals surface area contributed by atoms with Crippen LogP contribution in [0, 0.1) is 0 Å². The Bertz CT molecular complexity index is 1050. The molecule has 0 unspecified atom stereocenters. The smallest absolute Gasteiger partial charge is 0.279 e. The van der Waals surface area contributed by atoms with Crippen LogP contribution >= 0.6 is 0 Å².